The molecule has 1 heterocycles. The Morgan fingerprint density at radius 3 is 2.17 bits per heavy atom. The molecular formula is C22H24FN2O3P. The lowest BCUT2D eigenvalue weighted by molar-refractivity contribution is 0.214. The van der Waals surface area contributed by atoms with Gasteiger partial charge in [0.15, 0.2) is 5.78 Å². The largest absolute Gasteiger partial charge is 0.368 e. The van der Waals surface area contributed by atoms with Gasteiger partial charge in [0.25, 0.3) is 0 Å². The lowest BCUT2D eigenvalue weighted by atomic mass is 10.1. The van der Waals surface area contributed by atoms with Gasteiger partial charge in [0.2, 0.25) is 0 Å². The molecule has 3 rings (SSSR count). The molecule has 1 aromatic heterocycles. The van der Waals surface area contributed by atoms with E-state index in [1.807, 2.05) is 42.5 Å². The molecule has 5 nitrogen and oxygen atoms in total. The summed E-state index contributed by atoms with van der Waals surface area (Å²) in [5.41, 5.74) is 3.14. The van der Waals surface area contributed by atoms with E-state index in [0.717, 1.165) is 16.8 Å². The molecule has 0 spiro atoms. The molecular weight excluding hydrogens is 390 g/mol. The van der Waals surface area contributed by atoms with Gasteiger partial charge in [-0.1, -0.05) is 30.3 Å². The Kier molecular flexibility index (Phi) is 7.15. The van der Waals surface area contributed by atoms with Gasteiger partial charge < -0.3 is 14.4 Å². The van der Waals surface area contributed by atoms with Gasteiger partial charge >= 0.3 is 7.60 Å². The Morgan fingerprint density at radius 1 is 0.966 bits per heavy atom. The molecule has 1 unspecified atom stereocenters. The van der Waals surface area contributed by atoms with Gasteiger partial charge in [-0.2, -0.15) is 0 Å². The van der Waals surface area contributed by atoms with E-state index in [-0.39, 0.29) is 19.0 Å². The minimum Gasteiger partial charge on any atom is -0.368 e. The highest BCUT2D eigenvalue weighted by Crippen LogP contribution is 2.60. The van der Waals surface area contributed by atoms with Crippen molar-refractivity contribution in [3.05, 3.63) is 84.3 Å². The van der Waals surface area contributed by atoms with Crippen LogP contribution in [0, 0.1) is 5.82 Å². The number of pyridine rings is 1. The summed E-state index contributed by atoms with van der Waals surface area (Å²) in [6.07, 6.45) is 1.74. The molecule has 0 bridgehead atoms. The first-order valence-electron chi connectivity index (χ1n) is 9.48. The second-order valence-electron chi connectivity index (χ2n) is 6.27. The molecule has 0 fully saturated rings. The van der Waals surface area contributed by atoms with Crippen molar-refractivity contribution in [3.63, 3.8) is 0 Å². The zero-order valence-electron chi connectivity index (χ0n) is 16.4. The lowest BCUT2D eigenvalue weighted by Crippen LogP contribution is -2.15. The van der Waals surface area contributed by atoms with E-state index in [1.54, 1.807) is 32.2 Å². The maximum Gasteiger partial charge on any atom is 0.357 e. The predicted octanol–water partition coefficient (Wildman–Crippen LogP) is 6.26. The van der Waals surface area contributed by atoms with Crippen molar-refractivity contribution in [2.75, 3.05) is 18.5 Å². The SMILES string of the molecule is CCOP(=O)(OCC)C(Nc1ccc(F)cc1)c1ccc(-c2ccccn2)cc1. The lowest BCUT2D eigenvalue weighted by Gasteiger charge is -2.28. The standard InChI is InChI=1S/C22H24FN2O3P/c1-3-27-29(26,28-4-2)22(25-20-14-12-19(23)13-15-20)18-10-8-17(9-11-18)21-7-5-6-16-24-21/h5-16,22,25H,3-4H2,1-2H3. The van der Waals surface area contributed by atoms with Crippen LogP contribution in [0.2, 0.25) is 0 Å². The Balaban J connectivity index is 1.97. The predicted molar refractivity (Wildman–Crippen MR) is 113 cm³/mol. The molecule has 3 aromatic rings. The van der Waals surface area contributed by atoms with E-state index in [0.29, 0.717) is 5.69 Å². The average molecular weight is 414 g/mol. The van der Waals surface area contributed by atoms with E-state index in [4.69, 9.17) is 9.05 Å². The van der Waals surface area contributed by atoms with Crippen LogP contribution in [0.15, 0.2) is 72.9 Å². The van der Waals surface area contributed by atoms with Gasteiger partial charge in [-0.05, 0) is 55.8 Å². The van der Waals surface area contributed by atoms with Crippen LogP contribution in [0.5, 0.6) is 0 Å². The summed E-state index contributed by atoms with van der Waals surface area (Å²) < 4.78 is 38.0. The summed E-state index contributed by atoms with van der Waals surface area (Å²) in [6, 6.07) is 19.2. The van der Waals surface area contributed by atoms with Crippen LogP contribution in [0.3, 0.4) is 0 Å². The monoisotopic (exact) mass is 414 g/mol. The first-order chi connectivity index (χ1) is 14.1. The Bertz CT molecular complexity index is 940. The number of anilines is 1. The normalized spacial score (nSPS) is 12.5. The van der Waals surface area contributed by atoms with Gasteiger partial charge in [-0.15, -0.1) is 0 Å². The van der Waals surface area contributed by atoms with E-state index in [1.165, 1.54) is 12.1 Å². The number of nitrogens with one attached hydrogen (secondary N) is 1. The molecule has 0 saturated carbocycles. The number of benzene rings is 2. The Hall–Kier alpha value is -2.53. The van der Waals surface area contributed by atoms with E-state index >= 15 is 0 Å². The zero-order valence-corrected chi connectivity index (χ0v) is 17.3. The molecule has 29 heavy (non-hydrogen) atoms. The van der Waals surface area contributed by atoms with Crippen LogP contribution in [0.4, 0.5) is 10.1 Å². The van der Waals surface area contributed by atoms with Gasteiger partial charge in [0, 0.05) is 17.4 Å². The van der Waals surface area contributed by atoms with Crippen molar-refractivity contribution in [3.8, 4) is 11.3 Å². The van der Waals surface area contributed by atoms with Crippen LogP contribution >= 0.6 is 7.60 Å². The van der Waals surface area contributed by atoms with Gasteiger partial charge in [0.05, 0.1) is 18.9 Å². The number of hydrogen-bond donors (Lipinski definition) is 1. The third-order valence-corrected chi connectivity index (χ3v) is 6.56. The van der Waals surface area contributed by atoms with Crippen molar-refractivity contribution in [2.45, 2.75) is 19.6 Å². The number of hydrogen-bond acceptors (Lipinski definition) is 5. The van der Waals surface area contributed by atoms with E-state index < -0.39 is 13.4 Å². The van der Waals surface area contributed by atoms with E-state index in [2.05, 4.69) is 10.3 Å². The number of halogens is 1. The maximum atomic E-state index is 13.5. The topological polar surface area (TPSA) is 60.5 Å². The second-order valence-corrected chi connectivity index (χ2v) is 8.38. The number of rotatable bonds is 9. The summed E-state index contributed by atoms with van der Waals surface area (Å²) in [4.78, 5) is 4.35. The summed E-state index contributed by atoms with van der Waals surface area (Å²) in [5.74, 6) is -1.09. The molecule has 7 heteroatoms. The summed E-state index contributed by atoms with van der Waals surface area (Å²) in [7, 11) is -3.54. The average Bonchev–Trinajstić information content (AvgIpc) is 2.74. The van der Waals surface area contributed by atoms with Crippen molar-refractivity contribution >= 4 is 13.3 Å². The summed E-state index contributed by atoms with van der Waals surface area (Å²) >= 11 is 0. The van der Waals surface area contributed by atoms with E-state index in [9.17, 15) is 8.96 Å². The Labute approximate surface area is 170 Å². The van der Waals surface area contributed by atoms with Crippen molar-refractivity contribution in [2.24, 2.45) is 0 Å². The van der Waals surface area contributed by atoms with Gasteiger partial charge in [-0.3, -0.25) is 9.55 Å². The van der Waals surface area contributed by atoms with Crippen LogP contribution in [0.25, 0.3) is 11.3 Å². The fraction of sp³-hybridized carbons (Fsp3) is 0.227. The van der Waals surface area contributed by atoms with Crippen molar-refractivity contribution < 1.29 is 18.0 Å². The highest BCUT2D eigenvalue weighted by atomic mass is 31.2. The van der Waals surface area contributed by atoms with Crippen molar-refractivity contribution in [1.82, 2.24) is 4.98 Å². The third-order valence-electron chi connectivity index (χ3n) is 4.27. The number of nitrogens with zero attached hydrogens (tertiary/aromatic N) is 1. The second kappa shape index (κ2) is 9.79. The Morgan fingerprint density at radius 2 is 1.62 bits per heavy atom. The van der Waals surface area contributed by atoms with Gasteiger partial charge in [-0.25, -0.2) is 4.39 Å². The molecule has 0 saturated heterocycles. The fourth-order valence-electron chi connectivity index (χ4n) is 2.96. The summed E-state index contributed by atoms with van der Waals surface area (Å²) in [6.45, 7) is 4.02. The molecule has 2 aromatic carbocycles. The van der Waals surface area contributed by atoms with Crippen LogP contribution in [0.1, 0.15) is 25.2 Å². The summed E-state index contributed by atoms with van der Waals surface area (Å²) in [5, 5.41) is 3.20. The molecule has 152 valence electrons. The molecule has 0 aliphatic heterocycles. The van der Waals surface area contributed by atoms with Crippen LogP contribution < -0.4 is 5.32 Å². The van der Waals surface area contributed by atoms with Crippen LogP contribution in [-0.4, -0.2) is 18.2 Å². The molecule has 0 aliphatic carbocycles. The minimum atomic E-state index is -3.54. The van der Waals surface area contributed by atoms with Gasteiger partial charge in [0.1, 0.15) is 5.82 Å². The first kappa shape index (κ1) is 21.2. The molecule has 0 amide bonds. The molecule has 0 radical (unpaired) electrons. The smallest absolute Gasteiger partial charge is 0.357 e. The third kappa shape index (κ3) is 5.30. The fourth-order valence-corrected chi connectivity index (χ4v) is 4.90. The van der Waals surface area contributed by atoms with Crippen LogP contribution in [-0.2, 0) is 13.6 Å². The zero-order chi connectivity index (χ0) is 20.7. The molecule has 1 N–H and O–H groups in total. The highest BCUT2D eigenvalue weighted by Gasteiger charge is 2.37. The number of aromatic nitrogens is 1. The first-order valence-corrected chi connectivity index (χ1v) is 11.1. The molecule has 0 aliphatic rings. The van der Waals surface area contributed by atoms with Crippen molar-refractivity contribution in [1.29, 1.82) is 0 Å². The molecule has 1 atom stereocenters. The highest BCUT2D eigenvalue weighted by molar-refractivity contribution is 7.54. The quantitative estimate of drug-likeness (QED) is 0.419. The maximum absolute atomic E-state index is 13.5. The minimum absolute atomic E-state index is 0.241.